The minimum atomic E-state index is -4.84. The molecule has 0 unspecified atom stereocenters. The van der Waals surface area contributed by atoms with E-state index in [-0.39, 0.29) is 17.1 Å². The van der Waals surface area contributed by atoms with Gasteiger partial charge in [0, 0.05) is 6.07 Å². The number of hydrogen-bond donors (Lipinski definition) is 0. The SMILES string of the molecule is COc1cc(CF)nc(C)c1OC(F)(F)F. The molecule has 0 aliphatic heterocycles. The van der Waals surface area contributed by atoms with E-state index in [1.54, 1.807) is 0 Å². The predicted molar refractivity (Wildman–Crippen MR) is 47.0 cm³/mol. The van der Waals surface area contributed by atoms with Gasteiger partial charge in [-0.3, -0.25) is 4.98 Å². The Bertz CT molecular complexity index is 379. The number of alkyl halides is 4. The van der Waals surface area contributed by atoms with Crippen LogP contribution in [0.5, 0.6) is 11.5 Å². The Morgan fingerprint density at radius 1 is 1.38 bits per heavy atom. The van der Waals surface area contributed by atoms with Crippen molar-refractivity contribution in [3.63, 3.8) is 0 Å². The molecule has 0 N–H and O–H groups in total. The Kier molecular flexibility index (Phi) is 3.56. The molecule has 16 heavy (non-hydrogen) atoms. The molecule has 0 aromatic carbocycles. The van der Waals surface area contributed by atoms with E-state index in [4.69, 9.17) is 0 Å². The summed E-state index contributed by atoms with van der Waals surface area (Å²) in [6.07, 6.45) is -4.84. The average molecular weight is 239 g/mol. The van der Waals surface area contributed by atoms with Gasteiger partial charge in [-0.2, -0.15) is 0 Å². The van der Waals surface area contributed by atoms with E-state index in [0.29, 0.717) is 0 Å². The van der Waals surface area contributed by atoms with Gasteiger partial charge in [0.15, 0.2) is 11.5 Å². The summed E-state index contributed by atoms with van der Waals surface area (Å²) < 4.78 is 56.9. The van der Waals surface area contributed by atoms with Crippen LogP contribution in [0.3, 0.4) is 0 Å². The third-order valence-electron chi connectivity index (χ3n) is 1.74. The largest absolute Gasteiger partial charge is 0.573 e. The summed E-state index contributed by atoms with van der Waals surface area (Å²) in [4.78, 5) is 3.60. The molecule has 0 saturated carbocycles. The Labute approximate surface area is 89.0 Å². The van der Waals surface area contributed by atoms with E-state index in [1.807, 2.05) is 0 Å². The fourth-order valence-electron chi connectivity index (χ4n) is 1.15. The third kappa shape index (κ3) is 2.98. The number of ether oxygens (including phenoxy) is 2. The molecule has 90 valence electrons. The first-order chi connectivity index (χ1) is 7.37. The van der Waals surface area contributed by atoms with Crippen LogP contribution >= 0.6 is 0 Å². The van der Waals surface area contributed by atoms with E-state index in [0.717, 1.165) is 6.07 Å². The minimum Gasteiger partial charge on any atom is -0.493 e. The smallest absolute Gasteiger partial charge is 0.493 e. The Morgan fingerprint density at radius 3 is 2.44 bits per heavy atom. The number of pyridine rings is 1. The summed E-state index contributed by atoms with van der Waals surface area (Å²) in [7, 11) is 1.17. The number of rotatable bonds is 3. The van der Waals surface area contributed by atoms with Gasteiger partial charge in [0.25, 0.3) is 0 Å². The molecule has 0 fully saturated rings. The lowest BCUT2D eigenvalue weighted by molar-refractivity contribution is -0.275. The van der Waals surface area contributed by atoms with Crippen molar-refractivity contribution in [2.75, 3.05) is 7.11 Å². The molecule has 3 nitrogen and oxygen atoms in total. The van der Waals surface area contributed by atoms with Crippen LogP contribution in [0.15, 0.2) is 6.07 Å². The molecular weight excluding hydrogens is 230 g/mol. The van der Waals surface area contributed by atoms with E-state index in [2.05, 4.69) is 14.5 Å². The zero-order chi connectivity index (χ0) is 12.3. The Balaban J connectivity index is 3.16. The van der Waals surface area contributed by atoms with Crippen LogP contribution in [0, 0.1) is 6.92 Å². The molecular formula is C9H9F4NO2. The topological polar surface area (TPSA) is 31.4 Å². The zero-order valence-corrected chi connectivity index (χ0v) is 8.56. The highest BCUT2D eigenvalue weighted by molar-refractivity contribution is 5.44. The van der Waals surface area contributed by atoms with Crippen LogP contribution in [0.1, 0.15) is 11.4 Å². The number of nitrogens with zero attached hydrogens (tertiary/aromatic N) is 1. The predicted octanol–water partition coefficient (Wildman–Crippen LogP) is 2.77. The molecule has 7 heteroatoms. The van der Waals surface area contributed by atoms with E-state index in [1.165, 1.54) is 14.0 Å². The van der Waals surface area contributed by atoms with Crippen LogP contribution in [-0.4, -0.2) is 18.5 Å². The van der Waals surface area contributed by atoms with Crippen LogP contribution < -0.4 is 9.47 Å². The normalized spacial score (nSPS) is 11.4. The first-order valence-corrected chi connectivity index (χ1v) is 4.23. The standard InChI is InChI=1S/C9H9F4NO2/c1-5-8(16-9(11,12)13)7(15-2)3-6(4-10)14-5/h3H,4H2,1-2H3. The fraction of sp³-hybridized carbons (Fsp3) is 0.444. The van der Waals surface area contributed by atoms with Crippen molar-refractivity contribution < 1.29 is 27.0 Å². The fourth-order valence-corrected chi connectivity index (χ4v) is 1.15. The lowest BCUT2D eigenvalue weighted by Gasteiger charge is -2.14. The van der Waals surface area contributed by atoms with Crippen molar-refractivity contribution in [1.29, 1.82) is 0 Å². The quantitative estimate of drug-likeness (QED) is 0.760. The summed E-state index contributed by atoms with van der Waals surface area (Å²) in [5, 5.41) is 0. The second-order valence-electron chi connectivity index (χ2n) is 2.91. The maximum atomic E-state index is 12.3. The second-order valence-corrected chi connectivity index (χ2v) is 2.91. The number of halogens is 4. The maximum Gasteiger partial charge on any atom is 0.573 e. The highest BCUT2D eigenvalue weighted by Gasteiger charge is 2.33. The van der Waals surface area contributed by atoms with Crippen LogP contribution in [0.2, 0.25) is 0 Å². The number of methoxy groups -OCH3 is 1. The second kappa shape index (κ2) is 4.54. The summed E-state index contributed by atoms with van der Waals surface area (Å²) in [6.45, 7) is 0.395. The highest BCUT2D eigenvalue weighted by atomic mass is 19.4. The molecule has 0 amide bonds. The van der Waals surface area contributed by atoms with Gasteiger partial charge in [-0.25, -0.2) is 4.39 Å². The molecule has 0 bridgehead atoms. The number of aromatic nitrogens is 1. The molecule has 1 aromatic heterocycles. The summed E-state index contributed by atoms with van der Waals surface area (Å²) in [6, 6.07) is 1.06. The van der Waals surface area contributed by atoms with Gasteiger partial charge in [0.05, 0.1) is 18.5 Å². The number of hydrogen-bond acceptors (Lipinski definition) is 3. The summed E-state index contributed by atoms with van der Waals surface area (Å²) >= 11 is 0. The summed E-state index contributed by atoms with van der Waals surface area (Å²) in [5.41, 5.74) is -0.0896. The van der Waals surface area contributed by atoms with Gasteiger partial charge in [-0.15, -0.1) is 13.2 Å². The molecule has 0 saturated heterocycles. The van der Waals surface area contributed by atoms with Gasteiger partial charge in [0.1, 0.15) is 6.67 Å². The lowest BCUT2D eigenvalue weighted by atomic mass is 10.2. The molecule has 1 aromatic rings. The Hall–Kier alpha value is -1.53. The van der Waals surface area contributed by atoms with Gasteiger partial charge in [0.2, 0.25) is 0 Å². The van der Waals surface area contributed by atoms with Crippen molar-refractivity contribution in [1.82, 2.24) is 4.98 Å². The van der Waals surface area contributed by atoms with Crippen LogP contribution in [0.25, 0.3) is 0 Å². The first-order valence-electron chi connectivity index (χ1n) is 4.23. The minimum absolute atomic E-state index is 0.0103. The van der Waals surface area contributed by atoms with E-state index >= 15 is 0 Å². The maximum absolute atomic E-state index is 12.3. The van der Waals surface area contributed by atoms with Gasteiger partial charge in [-0.05, 0) is 6.92 Å². The molecule has 1 rings (SSSR count). The van der Waals surface area contributed by atoms with Crippen molar-refractivity contribution in [2.24, 2.45) is 0 Å². The van der Waals surface area contributed by atoms with E-state index < -0.39 is 18.8 Å². The van der Waals surface area contributed by atoms with Crippen molar-refractivity contribution >= 4 is 0 Å². The average Bonchev–Trinajstić information content (AvgIpc) is 2.19. The third-order valence-corrected chi connectivity index (χ3v) is 1.74. The van der Waals surface area contributed by atoms with Gasteiger partial charge in [-0.1, -0.05) is 0 Å². The molecule has 0 atom stereocenters. The molecule has 0 spiro atoms. The highest BCUT2D eigenvalue weighted by Crippen LogP contribution is 2.34. The monoisotopic (exact) mass is 239 g/mol. The van der Waals surface area contributed by atoms with Crippen molar-refractivity contribution in [2.45, 2.75) is 20.0 Å². The van der Waals surface area contributed by atoms with Gasteiger partial charge >= 0.3 is 6.36 Å². The number of aryl methyl sites for hydroxylation is 1. The first kappa shape index (κ1) is 12.5. The molecule has 0 radical (unpaired) electrons. The van der Waals surface area contributed by atoms with Crippen molar-refractivity contribution in [3.8, 4) is 11.5 Å². The van der Waals surface area contributed by atoms with Crippen LogP contribution in [0.4, 0.5) is 17.6 Å². The molecule has 1 heterocycles. The molecule has 0 aliphatic rings. The van der Waals surface area contributed by atoms with Crippen molar-refractivity contribution in [3.05, 3.63) is 17.5 Å². The molecule has 0 aliphatic carbocycles. The Morgan fingerprint density at radius 2 is 2.00 bits per heavy atom. The van der Waals surface area contributed by atoms with Gasteiger partial charge < -0.3 is 9.47 Å². The van der Waals surface area contributed by atoms with E-state index in [9.17, 15) is 17.6 Å². The van der Waals surface area contributed by atoms with Crippen LogP contribution in [-0.2, 0) is 6.67 Å². The summed E-state index contributed by atoms with van der Waals surface area (Å²) in [5.74, 6) is -0.746. The lowest BCUT2D eigenvalue weighted by Crippen LogP contribution is -2.19. The zero-order valence-electron chi connectivity index (χ0n) is 8.56.